The first kappa shape index (κ1) is 17.9. The summed E-state index contributed by atoms with van der Waals surface area (Å²) in [5.41, 5.74) is 3.79. The molecule has 9 nitrogen and oxygen atoms in total. The molecule has 4 heterocycles. The molecule has 1 N–H and O–H groups in total. The number of aryl methyl sites for hydroxylation is 3. The molecule has 0 atom stereocenters. The summed E-state index contributed by atoms with van der Waals surface area (Å²) < 4.78 is 1.28. The van der Waals surface area contributed by atoms with Crippen LogP contribution in [-0.4, -0.2) is 40.8 Å². The topological polar surface area (TPSA) is 111 Å². The van der Waals surface area contributed by atoms with Crippen LogP contribution >= 0.6 is 11.3 Å². The normalized spacial score (nSPS) is 10.8. The van der Waals surface area contributed by atoms with Gasteiger partial charge in [-0.1, -0.05) is 5.21 Å². The van der Waals surface area contributed by atoms with Gasteiger partial charge in [-0.25, -0.2) is 15.0 Å². The van der Waals surface area contributed by atoms with Gasteiger partial charge < -0.3 is 0 Å². The molecule has 0 fully saturated rings. The molecular formula is C18H16N8OS. The van der Waals surface area contributed by atoms with Crippen LogP contribution < -0.4 is 5.32 Å². The van der Waals surface area contributed by atoms with E-state index in [0.717, 1.165) is 27.5 Å². The second-order valence-electron chi connectivity index (χ2n) is 6.13. The summed E-state index contributed by atoms with van der Waals surface area (Å²) >= 11 is 1.38. The predicted octanol–water partition coefficient (Wildman–Crippen LogP) is 2.75. The summed E-state index contributed by atoms with van der Waals surface area (Å²) in [6.07, 6.45) is 4.50. The molecule has 28 heavy (non-hydrogen) atoms. The minimum Gasteiger partial charge on any atom is -0.296 e. The van der Waals surface area contributed by atoms with Crippen molar-refractivity contribution in [3.63, 3.8) is 0 Å². The molecule has 0 saturated heterocycles. The van der Waals surface area contributed by atoms with Crippen molar-refractivity contribution < 1.29 is 4.79 Å². The molecule has 1 amide bonds. The molecule has 0 aliphatic heterocycles. The number of hydrogen-bond donors (Lipinski definition) is 1. The number of aromatic nitrogens is 7. The Bertz CT molecular complexity index is 1130. The maximum atomic E-state index is 12.7. The highest BCUT2D eigenvalue weighted by atomic mass is 32.1. The van der Waals surface area contributed by atoms with E-state index >= 15 is 0 Å². The van der Waals surface area contributed by atoms with Gasteiger partial charge in [0.05, 0.1) is 11.9 Å². The molecule has 0 aliphatic carbocycles. The number of hydrogen-bond acceptors (Lipinski definition) is 8. The maximum Gasteiger partial charge on any atom is 0.277 e. The lowest BCUT2D eigenvalue weighted by Gasteiger charge is -2.04. The predicted molar refractivity (Wildman–Crippen MR) is 104 cm³/mol. The van der Waals surface area contributed by atoms with E-state index in [-0.39, 0.29) is 11.6 Å². The Balaban J connectivity index is 1.61. The number of amides is 1. The number of thiazole rings is 1. The third-order valence-corrected chi connectivity index (χ3v) is 4.77. The van der Waals surface area contributed by atoms with E-state index in [0.29, 0.717) is 5.13 Å². The van der Waals surface area contributed by atoms with Crippen LogP contribution in [0.3, 0.4) is 0 Å². The number of anilines is 1. The van der Waals surface area contributed by atoms with Crippen LogP contribution in [0, 0.1) is 20.8 Å². The van der Waals surface area contributed by atoms with Crippen LogP contribution in [0.15, 0.2) is 36.8 Å². The monoisotopic (exact) mass is 392 g/mol. The summed E-state index contributed by atoms with van der Waals surface area (Å²) in [6, 6.07) is 5.67. The lowest BCUT2D eigenvalue weighted by Crippen LogP contribution is -2.18. The number of pyridine rings is 1. The quantitative estimate of drug-likeness (QED) is 0.568. The molecule has 0 aromatic carbocycles. The highest BCUT2D eigenvalue weighted by molar-refractivity contribution is 7.16. The van der Waals surface area contributed by atoms with Crippen molar-refractivity contribution in [3.05, 3.63) is 58.6 Å². The van der Waals surface area contributed by atoms with Crippen molar-refractivity contribution in [2.45, 2.75) is 20.8 Å². The number of rotatable bonds is 4. The molecule has 10 heteroatoms. The second kappa shape index (κ2) is 7.24. The van der Waals surface area contributed by atoms with Crippen LogP contribution in [0.4, 0.5) is 5.13 Å². The first-order valence-electron chi connectivity index (χ1n) is 8.44. The Labute approximate surface area is 164 Å². The Morgan fingerprint density at radius 1 is 1.11 bits per heavy atom. The number of nitrogens with one attached hydrogen (secondary N) is 1. The van der Waals surface area contributed by atoms with E-state index in [9.17, 15) is 4.79 Å². The average molecular weight is 392 g/mol. The minimum atomic E-state index is -0.397. The van der Waals surface area contributed by atoms with Gasteiger partial charge in [-0.15, -0.1) is 16.4 Å². The van der Waals surface area contributed by atoms with Crippen molar-refractivity contribution >= 4 is 22.4 Å². The smallest absolute Gasteiger partial charge is 0.277 e. The highest BCUT2D eigenvalue weighted by Crippen LogP contribution is 2.30. The van der Waals surface area contributed by atoms with Crippen molar-refractivity contribution in [2.24, 2.45) is 0 Å². The second-order valence-corrected chi connectivity index (χ2v) is 7.33. The summed E-state index contributed by atoms with van der Waals surface area (Å²) in [7, 11) is 0. The average Bonchev–Trinajstić information content (AvgIpc) is 3.28. The summed E-state index contributed by atoms with van der Waals surface area (Å²) in [5.74, 6) is -0.133. The molecule has 0 spiro atoms. The molecule has 0 radical (unpaired) electrons. The highest BCUT2D eigenvalue weighted by Gasteiger charge is 2.19. The van der Waals surface area contributed by atoms with Crippen molar-refractivity contribution in [1.82, 2.24) is 34.9 Å². The van der Waals surface area contributed by atoms with E-state index < -0.39 is 5.91 Å². The zero-order valence-electron chi connectivity index (χ0n) is 15.4. The Kier molecular flexibility index (Phi) is 4.62. The number of nitrogens with zero attached hydrogens (tertiary/aromatic N) is 7. The minimum absolute atomic E-state index is 0.213. The summed E-state index contributed by atoms with van der Waals surface area (Å²) in [6.45, 7) is 5.91. The molecule has 4 aromatic rings. The van der Waals surface area contributed by atoms with E-state index in [2.05, 4.69) is 35.6 Å². The fourth-order valence-corrected chi connectivity index (χ4v) is 3.57. The lowest BCUT2D eigenvalue weighted by molar-refractivity contribution is 0.101. The molecule has 4 aromatic heterocycles. The summed E-state index contributed by atoms with van der Waals surface area (Å²) in [5, 5.41) is 11.0. The third kappa shape index (κ3) is 3.49. The first-order valence-corrected chi connectivity index (χ1v) is 9.25. The van der Waals surface area contributed by atoms with Crippen LogP contribution in [-0.2, 0) is 0 Å². The van der Waals surface area contributed by atoms with Crippen LogP contribution in [0.25, 0.3) is 17.3 Å². The largest absolute Gasteiger partial charge is 0.296 e. The fraction of sp³-hybridized carbons (Fsp3) is 0.167. The van der Waals surface area contributed by atoms with Crippen LogP contribution in [0.5, 0.6) is 0 Å². The van der Waals surface area contributed by atoms with E-state index in [1.54, 1.807) is 18.5 Å². The third-order valence-electron chi connectivity index (χ3n) is 3.88. The van der Waals surface area contributed by atoms with Gasteiger partial charge in [-0.05, 0) is 44.5 Å². The SMILES string of the molecule is Cc1cc(C)nc(-c2nc(NC(=O)c3cnnn3-c3ncccn3)sc2C)c1. The molecular weight excluding hydrogens is 376 g/mol. The van der Waals surface area contributed by atoms with Gasteiger partial charge in [0.1, 0.15) is 5.69 Å². The number of carbonyl (C=O) groups is 1. The first-order chi connectivity index (χ1) is 13.5. The van der Waals surface area contributed by atoms with E-state index in [1.807, 2.05) is 32.9 Å². The fourth-order valence-electron chi connectivity index (χ4n) is 2.75. The Hall–Kier alpha value is -3.53. The summed E-state index contributed by atoms with van der Waals surface area (Å²) in [4.78, 5) is 31.0. The standard InChI is InChI=1S/C18H16N8OS/c1-10-7-11(2)22-13(8-10)15-12(3)28-18(23-15)24-16(27)14-9-21-25-26(14)17-19-5-4-6-20-17/h4-9H,1-3H3,(H,23,24,27). The van der Waals surface area contributed by atoms with Gasteiger partial charge in [0.2, 0.25) is 0 Å². The van der Waals surface area contributed by atoms with Gasteiger partial charge in [-0.3, -0.25) is 15.1 Å². The molecule has 4 rings (SSSR count). The van der Waals surface area contributed by atoms with Gasteiger partial charge in [0.25, 0.3) is 11.9 Å². The number of carbonyl (C=O) groups excluding carboxylic acids is 1. The van der Waals surface area contributed by atoms with Gasteiger partial charge >= 0.3 is 0 Å². The molecule has 0 bridgehead atoms. The van der Waals surface area contributed by atoms with E-state index in [1.165, 1.54) is 22.2 Å². The van der Waals surface area contributed by atoms with Gasteiger partial charge in [-0.2, -0.15) is 4.68 Å². The van der Waals surface area contributed by atoms with Crippen molar-refractivity contribution in [1.29, 1.82) is 0 Å². The van der Waals surface area contributed by atoms with Crippen LogP contribution in [0.1, 0.15) is 26.6 Å². The zero-order chi connectivity index (χ0) is 19.7. The molecule has 140 valence electrons. The van der Waals surface area contributed by atoms with Gasteiger partial charge in [0, 0.05) is 23.0 Å². The molecule has 0 saturated carbocycles. The Morgan fingerprint density at radius 3 is 2.64 bits per heavy atom. The zero-order valence-corrected chi connectivity index (χ0v) is 16.2. The van der Waals surface area contributed by atoms with Crippen LogP contribution in [0.2, 0.25) is 0 Å². The van der Waals surface area contributed by atoms with Crippen molar-refractivity contribution in [3.8, 4) is 17.3 Å². The van der Waals surface area contributed by atoms with Gasteiger partial charge in [0.15, 0.2) is 10.8 Å². The lowest BCUT2D eigenvalue weighted by atomic mass is 10.2. The molecule has 0 aliphatic rings. The van der Waals surface area contributed by atoms with E-state index in [4.69, 9.17) is 0 Å². The van der Waals surface area contributed by atoms with Crippen molar-refractivity contribution in [2.75, 3.05) is 5.32 Å². The Morgan fingerprint density at radius 2 is 1.89 bits per heavy atom. The molecule has 0 unspecified atom stereocenters. The maximum absolute atomic E-state index is 12.7.